The van der Waals surface area contributed by atoms with Crippen LogP contribution in [0.1, 0.15) is 45.2 Å². The maximum Gasteiger partial charge on any atom is 0.119 e. The van der Waals surface area contributed by atoms with Gasteiger partial charge in [0.1, 0.15) is 5.75 Å². The summed E-state index contributed by atoms with van der Waals surface area (Å²) in [6, 6.07) is 9.50. The number of rotatable bonds is 5. The van der Waals surface area contributed by atoms with Crippen LogP contribution in [0.25, 0.3) is 0 Å². The van der Waals surface area contributed by atoms with Crippen LogP contribution in [0.2, 0.25) is 0 Å². The Morgan fingerprint density at radius 2 is 2.21 bits per heavy atom. The molecule has 2 rings (SSSR count). The van der Waals surface area contributed by atoms with Crippen molar-refractivity contribution in [2.24, 2.45) is 5.73 Å². The molecular weight excluding hydrogens is 236 g/mol. The third kappa shape index (κ3) is 3.28. The quantitative estimate of drug-likeness (QED) is 0.886. The number of nitrogens with two attached hydrogens (primary N) is 1. The van der Waals surface area contributed by atoms with Gasteiger partial charge >= 0.3 is 0 Å². The fourth-order valence-corrected chi connectivity index (χ4v) is 2.87. The first-order valence-corrected chi connectivity index (χ1v) is 7.37. The van der Waals surface area contributed by atoms with Crippen molar-refractivity contribution < 1.29 is 4.74 Å². The van der Waals surface area contributed by atoms with Gasteiger partial charge in [-0.05, 0) is 44.4 Å². The van der Waals surface area contributed by atoms with E-state index in [2.05, 4.69) is 43.9 Å². The van der Waals surface area contributed by atoms with Crippen molar-refractivity contribution in [2.75, 3.05) is 13.2 Å². The highest BCUT2D eigenvalue weighted by Gasteiger charge is 2.34. The molecule has 3 nitrogen and oxygen atoms in total. The zero-order valence-electron chi connectivity index (χ0n) is 12.3. The van der Waals surface area contributed by atoms with Crippen molar-refractivity contribution in [3.05, 3.63) is 29.8 Å². The summed E-state index contributed by atoms with van der Waals surface area (Å²) in [5.74, 6) is 0.960. The van der Waals surface area contributed by atoms with E-state index in [9.17, 15) is 0 Å². The first-order valence-electron chi connectivity index (χ1n) is 7.37. The van der Waals surface area contributed by atoms with E-state index < -0.39 is 0 Å². The van der Waals surface area contributed by atoms with Gasteiger partial charge in [-0.2, -0.15) is 0 Å². The number of ether oxygens (including phenoxy) is 1. The lowest BCUT2D eigenvalue weighted by Crippen LogP contribution is -2.35. The minimum absolute atomic E-state index is 0.226. The molecule has 1 saturated heterocycles. The molecule has 1 heterocycles. The molecule has 2 N–H and O–H groups in total. The van der Waals surface area contributed by atoms with E-state index in [-0.39, 0.29) is 6.04 Å². The molecule has 1 aromatic rings. The SMILES string of the molecule is CCCOc1cccc(C2C(N)CCN2C(C)C)c1. The van der Waals surface area contributed by atoms with Gasteiger partial charge in [0, 0.05) is 18.6 Å². The summed E-state index contributed by atoms with van der Waals surface area (Å²) < 4.78 is 5.73. The molecule has 2 unspecified atom stereocenters. The minimum atomic E-state index is 0.226. The predicted molar refractivity (Wildman–Crippen MR) is 79.4 cm³/mol. The topological polar surface area (TPSA) is 38.5 Å². The third-order valence-corrected chi connectivity index (χ3v) is 3.82. The Balaban J connectivity index is 2.19. The average molecular weight is 262 g/mol. The smallest absolute Gasteiger partial charge is 0.119 e. The Morgan fingerprint density at radius 1 is 1.42 bits per heavy atom. The molecule has 19 heavy (non-hydrogen) atoms. The lowest BCUT2D eigenvalue weighted by Gasteiger charge is -2.30. The zero-order valence-corrected chi connectivity index (χ0v) is 12.3. The average Bonchev–Trinajstić information content (AvgIpc) is 2.79. The molecule has 1 aliphatic heterocycles. The highest BCUT2D eigenvalue weighted by atomic mass is 16.5. The van der Waals surface area contributed by atoms with Crippen LogP contribution in [0, 0.1) is 0 Å². The predicted octanol–water partition coefficient (Wildman–Crippen LogP) is 2.96. The Labute approximate surface area is 116 Å². The van der Waals surface area contributed by atoms with Gasteiger partial charge in [0.2, 0.25) is 0 Å². The van der Waals surface area contributed by atoms with E-state index in [1.165, 1.54) is 5.56 Å². The number of likely N-dealkylation sites (tertiary alicyclic amines) is 1. The van der Waals surface area contributed by atoms with Crippen LogP contribution in [0.15, 0.2) is 24.3 Å². The molecule has 0 radical (unpaired) electrons. The fraction of sp³-hybridized carbons (Fsp3) is 0.625. The van der Waals surface area contributed by atoms with Crippen LogP contribution in [0.4, 0.5) is 0 Å². The lowest BCUT2D eigenvalue weighted by molar-refractivity contribution is 0.197. The molecule has 1 aliphatic rings. The Hall–Kier alpha value is -1.06. The summed E-state index contributed by atoms with van der Waals surface area (Å²) in [4.78, 5) is 2.49. The lowest BCUT2D eigenvalue weighted by atomic mass is 10.00. The number of hydrogen-bond donors (Lipinski definition) is 1. The molecule has 0 bridgehead atoms. The summed E-state index contributed by atoms with van der Waals surface area (Å²) in [5.41, 5.74) is 7.59. The summed E-state index contributed by atoms with van der Waals surface area (Å²) in [7, 11) is 0. The van der Waals surface area contributed by atoms with Crippen LogP contribution in [0.5, 0.6) is 5.75 Å². The van der Waals surface area contributed by atoms with Crippen molar-refractivity contribution in [1.29, 1.82) is 0 Å². The van der Waals surface area contributed by atoms with Crippen LogP contribution in [-0.4, -0.2) is 30.1 Å². The van der Waals surface area contributed by atoms with Gasteiger partial charge in [-0.25, -0.2) is 0 Å². The van der Waals surface area contributed by atoms with Crippen molar-refractivity contribution in [3.8, 4) is 5.75 Å². The van der Waals surface area contributed by atoms with E-state index in [0.29, 0.717) is 12.1 Å². The van der Waals surface area contributed by atoms with Crippen molar-refractivity contribution in [1.82, 2.24) is 4.90 Å². The molecule has 3 heteroatoms. The number of benzene rings is 1. The van der Waals surface area contributed by atoms with Crippen LogP contribution in [-0.2, 0) is 0 Å². The van der Waals surface area contributed by atoms with Gasteiger partial charge in [0.15, 0.2) is 0 Å². The van der Waals surface area contributed by atoms with Gasteiger partial charge in [0.05, 0.1) is 12.6 Å². The summed E-state index contributed by atoms with van der Waals surface area (Å²) in [5, 5.41) is 0. The molecule has 0 saturated carbocycles. The van der Waals surface area contributed by atoms with Crippen LogP contribution >= 0.6 is 0 Å². The molecule has 1 fully saturated rings. The second-order valence-corrected chi connectivity index (χ2v) is 5.65. The molecule has 0 aliphatic carbocycles. The number of hydrogen-bond acceptors (Lipinski definition) is 3. The monoisotopic (exact) mass is 262 g/mol. The summed E-state index contributed by atoms with van der Waals surface area (Å²) >= 11 is 0. The van der Waals surface area contributed by atoms with Gasteiger partial charge < -0.3 is 10.5 Å². The Kier molecular flexibility index (Phi) is 4.83. The van der Waals surface area contributed by atoms with E-state index in [1.807, 2.05) is 6.07 Å². The van der Waals surface area contributed by atoms with Crippen LogP contribution in [0.3, 0.4) is 0 Å². The van der Waals surface area contributed by atoms with Crippen LogP contribution < -0.4 is 10.5 Å². The summed E-state index contributed by atoms with van der Waals surface area (Å²) in [6.45, 7) is 8.46. The molecular formula is C16H26N2O. The van der Waals surface area contributed by atoms with Gasteiger partial charge in [0.25, 0.3) is 0 Å². The summed E-state index contributed by atoms with van der Waals surface area (Å²) in [6.07, 6.45) is 2.11. The van der Waals surface area contributed by atoms with Crippen molar-refractivity contribution in [2.45, 2.75) is 51.7 Å². The minimum Gasteiger partial charge on any atom is -0.494 e. The Morgan fingerprint density at radius 3 is 2.89 bits per heavy atom. The second kappa shape index (κ2) is 6.40. The zero-order chi connectivity index (χ0) is 13.8. The normalized spacial score (nSPS) is 24.1. The highest BCUT2D eigenvalue weighted by Crippen LogP contribution is 2.34. The maximum absolute atomic E-state index is 6.31. The maximum atomic E-state index is 6.31. The molecule has 1 aromatic carbocycles. The number of nitrogens with zero attached hydrogens (tertiary/aromatic N) is 1. The standard InChI is InChI=1S/C16H26N2O/c1-4-10-19-14-7-5-6-13(11-14)16-15(17)8-9-18(16)12(2)3/h5-7,11-12,15-16H,4,8-10,17H2,1-3H3. The van der Waals surface area contributed by atoms with E-state index >= 15 is 0 Å². The largest absolute Gasteiger partial charge is 0.494 e. The molecule has 106 valence electrons. The van der Waals surface area contributed by atoms with Gasteiger partial charge in [-0.15, -0.1) is 0 Å². The second-order valence-electron chi connectivity index (χ2n) is 5.65. The third-order valence-electron chi connectivity index (χ3n) is 3.82. The van der Waals surface area contributed by atoms with Crippen molar-refractivity contribution >= 4 is 0 Å². The molecule has 0 spiro atoms. The molecule has 2 atom stereocenters. The van der Waals surface area contributed by atoms with E-state index in [4.69, 9.17) is 10.5 Å². The van der Waals surface area contributed by atoms with E-state index in [0.717, 1.165) is 31.7 Å². The first kappa shape index (κ1) is 14.4. The molecule has 0 amide bonds. The fourth-order valence-electron chi connectivity index (χ4n) is 2.87. The van der Waals surface area contributed by atoms with E-state index in [1.54, 1.807) is 0 Å². The highest BCUT2D eigenvalue weighted by molar-refractivity contribution is 5.32. The Bertz CT molecular complexity index is 405. The first-order chi connectivity index (χ1) is 9.13. The van der Waals surface area contributed by atoms with Gasteiger partial charge in [-0.3, -0.25) is 4.90 Å². The molecule has 0 aromatic heterocycles. The van der Waals surface area contributed by atoms with Crippen molar-refractivity contribution in [3.63, 3.8) is 0 Å². The van der Waals surface area contributed by atoms with Gasteiger partial charge in [-0.1, -0.05) is 19.1 Å².